The minimum atomic E-state index is -4.41. The van der Waals surface area contributed by atoms with Crippen LogP contribution in [0.3, 0.4) is 0 Å². The molecule has 134 valence electrons. The number of alkyl halides is 3. The van der Waals surface area contributed by atoms with Crippen molar-refractivity contribution in [2.75, 3.05) is 0 Å². The summed E-state index contributed by atoms with van der Waals surface area (Å²) in [5.74, 6) is 0. The second-order valence-electron chi connectivity index (χ2n) is 8.99. The average molecular weight is 359 g/mol. The first-order valence-corrected chi connectivity index (χ1v) is 14.0. The zero-order valence-electron chi connectivity index (χ0n) is 16.0. The van der Waals surface area contributed by atoms with Crippen LogP contribution >= 0.6 is 0 Å². The summed E-state index contributed by atoms with van der Waals surface area (Å²) in [6.07, 6.45) is -4.41. The van der Waals surface area contributed by atoms with Gasteiger partial charge in [0.15, 0.2) is 5.60 Å². The van der Waals surface area contributed by atoms with Crippen molar-refractivity contribution >= 4 is 16.4 Å². The van der Waals surface area contributed by atoms with Gasteiger partial charge in [0.1, 0.15) is 0 Å². The molecule has 0 N–H and O–H groups in total. The first-order valence-electron chi connectivity index (χ1n) is 7.63. The Labute approximate surface area is 135 Å². The van der Waals surface area contributed by atoms with E-state index < -0.39 is 33.4 Å². The average Bonchev–Trinajstić information content (AvgIpc) is 2.09. The van der Waals surface area contributed by atoms with Crippen LogP contribution in [-0.2, 0) is 9.16 Å². The second-order valence-corrected chi connectivity index (χ2v) is 19.1. The molecule has 0 aliphatic heterocycles. The fourth-order valence-corrected chi connectivity index (χ4v) is 5.75. The molecule has 0 unspecified atom stereocenters. The predicted octanol–water partition coefficient (Wildman–Crippen LogP) is 5.54. The van der Waals surface area contributed by atoms with Gasteiger partial charge in [0.05, 0.1) is 13.3 Å². The van der Waals surface area contributed by atoms with Crippen molar-refractivity contribution < 1.29 is 22.3 Å². The van der Waals surface area contributed by atoms with Crippen molar-refractivity contribution in [3.63, 3.8) is 0 Å². The lowest BCUT2D eigenvalue weighted by molar-refractivity contribution is -0.282. The van der Waals surface area contributed by atoms with Crippen LogP contribution in [0.15, 0.2) is 0 Å². The molecule has 0 radical (unpaired) electrons. The molecule has 0 aliphatic carbocycles. The molecule has 7 heteroatoms. The van der Waals surface area contributed by atoms with Gasteiger partial charge in [-0.2, -0.15) is 13.2 Å². The summed E-state index contributed by atoms with van der Waals surface area (Å²) in [4.78, 5) is 0. The topological polar surface area (TPSA) is 18.5 Å². The van der Waals surface area contributed by atoms with Crippen LogP contribution in [0, 0.1) is 0 Å². The van der Waals surface area contributed by atoms with Crippen molar-refractivity contribution in [2.24, 2.45) is 0 Å². The van der Waals surface area contributed by atoms with Crippen molar-refractivity contribution in [1.29, 1.82) is 0 Å². The third kappa shape index (κ3) is 4.82. The molecule has 0 saturated carbocycles. The molecule has 0 aromatic heterocycles. The van der Waals surface area contributed by atoms with E-state index >= 15 is 0 Å². The fraction of sp³-hybridized carbons (Fsp3) is 1.00. The number of halogens is 3. The van der Waals surface area contributed by atoms with E-state index in [1.807, 2.05) is 26.9 Å². The Morgan fingerprint density at radius 1 is 0.682 bits per heavy atom. The quantitative estimate of drug-likeness (QED) is 0.580. The smallest absolute Gasteiger partial charge is 0.412 e. The highest BCUT2D eigenvalue weighted by molar-refractivity contribution is 6.81. The van der Waals surface area contributed by atoms with E-state index in [0.717, 1.165) is 13.8 Å². The van der Waals surface area contributed by atoms with Gasteiger partial charge < -0.3 is 9.16 Å². The Kier molecular flexibility index (Phi) is 5.94. The molecule has 0 bridgehead atoms. The Bertz CT molecular complexity index is 357. The molecule has 0 saturated heterocycles. The van der Waals surface area contributed by atoms with Crippen LogP contribution in [0.1, 0.15) is 41.5 Å². The van der Waals surface area contributed by atoms with Gasteiger partial charge in [0, 0.05) is 5.22 Å². The van der Waals surface area contributed by atoms with Crippen LogP contribution in [0.25, 0.3) is 0 Å². The minimum absolute atomic E-state index is 0.328. The third-order valence-electron chi connectivity index (χ3n) is 4.96. The van der Waals surface area contributed by atoms with E-state index in [2.05, 4.69) is 19.6 Å². The van der Waals surface area contributed by atoms with E-state index in [9.17, 15) is 13.2 Å². The molecule has 22 heavy (non-hydrogen) atoms. The molecule has 0 aromatic carbocycles. The molecule has 0 spiro atoms. The van der Waals surface area contributed by atoms with Gasteiger partial charge in [-0.1, -0.05) is 19.6 Å². The Morgan fingerprint density at radius 3 is 1.32 bits per heavy atom. The third-order valence-corrected chi connectivity index (χ3v) is 12.9. The Morgan fingerprint density at radius 2 is 1.05 bits per heavy atom. The van der Waals surface area contributed by atoms with E-state index in [-0.39, 0.29) is 5.22 Å². The first-order chi connectivity index (χ1) is 9.16. The zero-order chi connectivity index (χ0) is 18.4. The minimum Gasteiger partial charge on any atom is -0.412 e. The molecule has 0 heterocycles. The lowest BCUT2D eigenvalue weighted by atomic mass is 10.1. The van der Waals surface area contributed by atoms with Gasteiger partial charge in [0.25, 0.3) is 0 Å². The van der Waals surface area contributed by atoms with Crippen LogP contribution in [-0.4, -0.2) is 38.6 Å². The van der Waals surface area contributed by atoms with Gasteiger partial charge in [-0.15, -0.1) is 0 Å². The second kappa shape index (κ2) is 5.90. The largest absolute Gasteiger partial charge is 0.416 e. The van der Waals surface area contributed by atoms with Crippen LogP contribution in [0.5, 0.6) is 0 Å². The summed E-state index contributed by atoms with van der Waals surface area (Å²) < 4.78 is 51.4. The summed E-state index contributed by atoms with van der Waals surface area (Å²) in [5.41, 5.74) is -2.20. The number of ether oxygens (including phenoxy) is 1. The molecule has 0 atom stereocenters. The van der Waals surface area contributed by atoms with Gasteiger partial charge in [-0.25, -0.2) is 0 Å². The summed E-state index contributed by atoms with van der Waals surface area (Å²) >= 11 is 0. The summed E-state index contributed by atoms with van der Waals surface area (Å²) in [6, 6.07) is 0. The number of hydrogen-bond donors (Lipinski definition) is 0. The van der Waals surface area contributed by atoms with Gasteiger partial charge >= 0.3 is 6.18 Å². The van der Waals surface area contributed by atoms with E-state index in [0.29, 0.717) is 0 Å². The van der Waals surface area contributed by atoms with Crippen molar-refractivity contribution in [1.82, 2.24) is 0 Å². The number of hydrogen-bond acceptors (Lipinski definition) is 2. The Hall–Kier alpha value is 0.144. The summed E-state index contributed by atoms with van der Waals surface area (Å²) in [6.45, 7) is 20.1. The molecule has 0 aromatic rings. The van der Waals surface area contributed by atoms with Crippen LogP contribution in [0.2, 0.25) is 32.7 Å². The standard InChI is InChI=1S/C15H33F3O2Si2/c1-12(2,15(16,17)18)19-13(3,4)22(10,11)20-14(5,6)21(7,8)9/h1-11H3. The number of rotatable bonds is 6. The highest BCUT2D eigenvalue weighted by Gasteiger charge is 2.56. The maximum Gasteiger partial charge on any atom is 0.416 e. The maximum absolute atomic E-state index is 13.1. The van der Waals surface area contributed by atoms with Crippen molar-refractivity contribution in [3.05, 3.63) is 0 Å². The highest BCUT2D eigenvalue weighted by Crippen LogP contribution is 2.41. The zero-order valence-corrected chi connectivity index (χ0v) is 18.0. The van der Waals surface area contributed by atoms with E-state index in [4.69, 9.17) is 9.16 Å². The monoisotopic (exact) mass is 358 g/mol. The molecule has 0 amide bonds. The summed E-state index contributed by atoms with van der Waals surface area (Å²) in [7, 11) is -4.19. The fourth-order valence-electron chi connectivity index (χ4n) is 1.73. The molecular weight excluding hydrogens is 325 g/mol. The Balaban J connectivity index is 5.44. The van der Waals surface area contributed by atoms with Crippen LogP contribution < -0.4 is 0 Å². The SMILES string of the molecule is CC(C)(OC(C)(C)[Si](C)(C)OC(C)(C)[Si](C)(C)C)C(F)(F)F. The highest BCUT2D eigenvalue weighted by atomic mass is 28.4. The molecule has 2 nitrogen and oxygen atoms in total. The predicted molar refractivity (Wildman–Crippen MR) is 91.3 cm³/mol. The van der Waals surface area contributed by atoms with E-state index in [1.165, 1.54) is 0 Å². The summed E-state index contributed by atoms with van der Waals surface area (Å²) in [5, 5.41) is -1.30. The first kappa shape index (κ1) is 22.1. The lowest BCUT2D eigenvalue weighted by Gasteiger charge is -2.50. The lowest BCUT2D eigenvalue weighted by Crippen LogP contribution is -2.65. The van der Waals surface area contributed by atoms with Crippen molar-refractivity contribution in [3.8, 4) is 0 Å². The molecular formula is C15H33F3O2Si2. The van der Waals surface area contributed by atoms with Gasteiger partial charge in [0.2, 0.25) is 8.32 Å². The van der Waals surface area contributed by atoms with Crippen molar-refractivity contribution in [2.45, 2.75) is 96.5 Å². The normalized spacial score (nSPS) is 16.1. The van der Waals surface area contributed by atoms with E-state index in [1.54, 1.807) is 13.8 Å². The van der Waals surface area contributed by atoms with Gasteiger partial charge in [-0.3, -0.25) is 0 Å². The molecule has 0 aliphatic rings. The van der Waals surface area contributed by atoms with Crippen LogP contribution in [0.4, 0.5) is 13.2 Å². The van der Waals surface area contributed by atoms with Gasteiger partial charge in [-0.05, 0) is 54.6 Å². The molecule has 0 fully saturated rings. The molecule has 0 rings (SSSR count). The maximum atomic E-state index is 13.1.